The van der Waals surface area contributed by atoms with Crippen molar-refractivity contribution < 1.29 is 13.9 Å². The van der Waals surface area contributed by atoms with Crippen LogP contribution >= 0.6 is 0 Å². The third kappa shape index (κ3) is 4.09. The molecule has 0 aliphatic carbocycles. The lowest BCUT2D eigenvalue weighted by molar-refractivity contribution is 0.0953. The van der Waals surface area contributed by atoms with Crippen molar-refractivity contribution in [1.29, 1.82) is 0 Å². The van der Waals surface area contributed by atoms with Crippen molar-refractivity contribution in [2.24, 2.45) is 5.10 Å². The summed E-state index contributed by atoms with van der Waals surface area (Å²) in [5, 5.41) is 4.21. The fraction of sp³-hybridized carbons (Fsp3) is 0.368. The average Bonchev–Trinajstić information content (AvgIpc) is 2.98. The maximum Gasteiger partial charge on any atom is 0.274 e. The molecule has 0 saturated carbocycles. The van der Waals surface area contributed by atoms with Crippen LogP contribution < -0.4 is 10.3 Å². The number of carbonyl (C=O) groups excluding carboxylic acids is 1. The smallest absolute Gasteiger partial charge is 0.274 e. The first kappa shape index (κ1) is 17.2. The number of nitrogens with zero attached hydrogens (tertiary/aromatic N) is 2. The summed E-state index contributed by atoms with van der Waals surface area (Å²) in [4.78, 5) is 14.5. The number of benzene rings is 1. The van der Waals surface area contributed by atoms with Crippen LogP contribution in [0.2, 0.25) is 0 Å². The van der Waals surface area contributed by atoms with Crippen molar-refractivity contribution in [3.05, 3.63) is 53.0 Å². The molecule has 1 aromatic heterocycles. The number of hydrogen-bond donors (Lipinski definition) is 1. The lowest BCUT2D eigenvalue weighted by Crippen LogP contribution is -2.36. The van der Waals surface area contributed by atoms with E-state index in [-0.39, 0.29) is 5.91 Å². The molecular weight excluding hydrogens is 318 g/mol. The first-order chi connectivity index (χ1) is 12.0. The molecule has 0 spiro atoms. The summed E-state index contributed by atoms with van der Waals surface area (Å²) >= 11 is 0. The van der Waals surface area contributed by atoms with Gasteiger partial charge in [0.15, 0.2) is 0 Å². The van der Waals surface area contributed by atoms with Gasteiger partial charge in [0, 0.05) is 18.8 Å². The van der Waals surface area contributed by atoms with Crippen molar-refractivity contribution in [2.45, 2.75) is 20.8 Å². The summed E-state index contributed by atoms with van der Waals surface area (Å²) in [6.07, 6.45) is 0. The Morgan fingerprint density at radius 2 is 1.84 bits per heavy atom. The van der Waals surface area contributed by atoms with E-state index >= 15 is 0 Å². The summed E-state index contributed by atoms with van der Waals surface area (Å²) in [6.45, 7) is 8.80. The van der Waals surface area contributed by atoms with Gasteiger partial charge in [-0.3, -0.25) is 4.79 Å². The van der Waals surface area contributed by atoms with Crippen LogP contribution in [-0.2, 0) is 4.74 Å². The number of amides is 1. The Hall–Kier alpha value is -2.60. The first-order valence-corrected chi connectivity index (χ1v) is 8.39. The predicted molar refractivity (Wildman–Crippen MR) is 97.3 cm³/mol. The fourth-order valence-corrected chi connectivity index (χ4v) is 2.85. The van der Waals surface area contributed by atoms with E-state index in [1.807, 2.05) is 26.0 Å². The van der Waals surface area contributed by atoms with E-state index in [1.54, 1.807) is 13.0 Å². The molecule has 1 amide bonds. The van der Waals surface area contributed by atoms with Crippen molar-refractivity contribution in [2.75, 3.05) is 31.2 Å². The minimum Gasteiger partial charge on any atom is -0.466 e. The molecule has 0 bridgehead atoms. The molecule has 0 unspecified atom stereocenters. The highest BCUT2D eigenvalue weighted by molar-refractivity contribution is 6.01. The molecule has 3 rings (SSSR count). The maximum absolute atomic E-state index is 12.2. The Bertz CT molecular complexity index is 772. The molecule has 2 heterocycles. The molecule has 1 aliphatic rings. The standard InChI is InChI=1S/C19H23N3O3/c1-13-12-18(15(3)25-13)19(23)21-20-14(2)16-4-6-17(7-5-16)22-8-10-24-11-9-22/h4-7,12H,8-11H2,1-3H3,(H,21,23)/b20-14-. The van der Waals surface area contributed by atoms with Crippen molar-refractivity contribution in [1.82, 2.24) is 5.43 Å². The van der Waals surface area contributed by atoms with Crippen molar-refractivity contribution >= 4 is 17.3 Å². The van der Waals surface area contributed by atoms with Crippen LogP contribution in [0.4, 0.5) is 5.69 Å². The van der Waals surface area contributed by atoms with Crippen molar-refractivity contribution in [3.8, 4) is 0 Å². The third-order valence-corrected chi connectivity index (χ3v) is 4.27. The fourth-order valence-electron chi connectivity index (χ4n) is 2.85. The number of aryl methyl sites for hydroxylation is 2. The molecule has 132 valence electrons. The highest BCUT2D eigenvalue weighted by Gasteiger charge is 2.13. The van der Waals surface area contributed by atoms with Gasteiger partial charge in [0.25, 0.3) is 5.91 Å². The zero-order valence-corrected chi connectivity index (χ0v) is 14.8. The third-order valence-electron chi connectivity index (χ3n) is 4.27. The predicted octanol–water partition coefficient (Wildman–Crippen LogP) is 2.89. The molecule has 6 heteroatoms. The number of hydrazone groups is 1. The number of ether oxygens (including phenoxy) is 1. The Labute approximate surface area is 147 Å². The molecule has 1 saturated heterocycles. The van der Waals surface area contributed by atoms with Gasteiger partial charge in [-0.15, -0.1) is 0 Å². The second-order valence-corrected chi connectivity index (χ2v) is 6.11. The van der Waals surface area contributed by atoms with Crippen LogP contribution in [-0.4, -0.2) is 37.9 Å². The minimum absolute atomic E-state index is 0.265. The zero-order valence-electron chi connectivity index (χ0n) is 14.8. The summed E-state index contributed by atoms with van der Waals surface area (Å²) in [5.74, 6) is 1.04. The van der Waals surface area contributed by atoms with Crippen LogP contribution in [0.3, 0.4) is 0 Å². The molecular formula is C19H23N3O3. The Morgan fingerprint density at radius 3 is 2.44 bits per heavy atom. The molecule has 0 radical (unpaired) electrons. The molecule has 25 heavy (non-hydrogen) atoms. The Kier molecular flexibility index (Phi) is 5.19. The second kappa shape index (κ2) is 7.53. The number of rotatable bonds is 4. The van der Waals surface area contributed by atoms with E-state index in [4.69, 9.17) is 9.15 Å². The van der Waals surface area contributed by atoms with Gasteiger partial charge in [-0.2, -0.15) is 5.10 Å². The SMILES string of the molecule is C/C(=N/NC(=O)c1cc(C)oc1C)c1ccc(N2CCOCC2)cc1. The molecule has 6 nitrogen and oxygen atoms in total. The van der Waals surface area contributed by atoms with Crippen molar-refractivity contribution in [3.63, 3.8) is 0 Å². The first-order valence-electron chi connectivity index (χ1n) is 8.39. The lowest BCUT2D eigenvalue weighted by Gasteiger charge is -2.28. The highest BCUT2D eigenvalue weighted by atomic mass is 16.5. The van der Waals surface area contributed by atoms with Crippen LogP contribution in [0, 0.1) is 13.8 Å². The number of carbonyl (C=O) groups is 1. The molecule has 2 aromatic rings. The van der Waals surface area contributed by atoms with Crippen LogP contribution in [0.1, 0.15) is 34.4 Å². The van der Waals surface area contributed by atoms with E-state index in [0.717, 1.165) is 37.6 Å². The Morgan fingerprint density at radius 1 is 1.16 bits per heavy atom. The zero-order chi connectivity index (χ0) is 17.8. The summed E-state index contributed by atoms with van der Waals surface area (Å²) < 4.78 is 10.8. The molecule has 1 N–H and O–H groups in total. The van der Waals surface area contributed by atoms with E-state index in [2.05, 4.69) is 27.6 Å². The second-order valence-electron chi connectivity index (χ2n) is 6.11. The average molecular weight is 341 g/mol. The topological polar surface area (TPSA) is 67.1 Å². The van der Waals surface area contributed by atoms with E-state index in [1.165, 1.54) is 5.69 Å². The number of anilines is 1. The van der Waals surface area contributed by atoms with Gasteiger partial charge >= 0.3 is 0 Å². The number of furan rings is 1. The van der Waals surface area contributed by atoms with Gasteiger partial charge in [-0.1, -0.05) is 12.1 Å². The van der Waals surface area contributed by atoms with Gasteiger partial charge < -0.3 is 14.1 Å². The molecule has 1 aliphatic heterocycles. The van der Waals surface area contributed by atoms with Crippen LogP contribution in [0.25, 0.3) is 0 Å². The van der Waals surface area contributed by atoms with E-state index in [0.29, 0.717) is 17.1 Å². The molecule has 1 aromatic carbocycles. The number of hydrogen-bond acceptors (Lipinski definition) is 5. The summed E-state index contributed by atoms with van der Waals surface area (Å²) in [6, 6.07) is 9.90. The Balaban J connectivity index is 1.65. The van der Waals surface area contributed by atoms with Gasteiger partial charge in [0.2, 0.25) is 0 Å². The monoisotopic (exact) mass is 341 g/mol. The molecule has 0 atom stereocenters. The largest absolute Gasteiger partial charge is 0.466 e. The quantitative estimate of drug-likeness (QED) is 0.686. The van der Waals surface area contributed by atoms with Gasteiger partial charge in [-0.05, 0) is 44.5 Å². The van der Waals surface area contributed by atoms with Crippen LogP contribution in [0.5, 0.6) is 0 Å². The minimum atomic E-state index is -0.265. The van der Waals surface area contributed by atoms with E-state index in [9.17, 15) is 4.79 Å². The lowest BCUT2D eigenvalue weighted by atomic mass is 10.1. The summed E-state index contributed by atoms with van der Waals surface area (Å²) in [7, 11) is 0. The number of morpholine rings is 1. The normalized spacial score (nSPS) is 15.3. The van der Waals surface area contributed by atoms with Gasteiger partial charge in [-0.25, -0.2) is 5.43 Å². The summed E-state index contributed by atoms with van der Waals surface area (Å²) in [5.41, 5.74) is 6.00. The van der Waals surface area contributed by atoms with Gasteiger partial charge in [0.1, 0.15) is 11.5 Å². The number of nitrogens with one attached hydrogen (secondary N) is 1. The van der Waals surface area contributed by atoms with E-state index < -0.39 is 0 Å². The maximum atomic E-state index is 12.2. The van der Waals surface area contributed by atoms with Gasteiger partial charge in [0.05, 0.1) is 24.5 Å². The highest BCUT2D eigenvalue weighted by Crippen LogP contribution is 2.17. The van der Waals surface area contributed by atoms with Crippen LogP contribution in [0.15, 0.2) is 39.9 Å². The molecule has 1 fully saturated rings.